The third kappa shape index (κ3) is 2.47. The maximum atomic E-state index is 10.9. The lowest BCUT2D eigenvalue weighted by molar-refractivity contribution is 0.335. The average molecular weight is 253 g/mol. The molecular formula is C15H11NO3. The second kappa shape index (κ2) is 4.94. The van der Waals surface area contributed by atoms with Crippen LogP contribution in [0.2, 0.25) is 0 Å². The summed E-state index contributed by atoms with van der Waals surface area (Å²) >= 11 is 0. The summed E-state index contributed by atoms with van der Waals surface area (Å²) in [5.74, 6) is -0.568. The molecule has 94 valence electrons. The van der Waals surface area contributed by atoms with Gasteiger partial charge in [0.2, 0.25) is 0 Å². The van der Waals surface area contributed by atoms with Crippen molar-refractivity contribution < 1.29 is 8.94 Å². The summed E-state index contributed by atoms with van der Waals surface area (Å²) in [7, 11) is 0. The van der Waals surface area contributed by atoms with E-state index in [0.717, 1.165) is 17.5 Å². The molecule has 0 fully saturated rings. The number of hydrogen-bond donors (Lipinski definition) is 0. The minimum Gasteiger partial charge on any atom is -0.370 e. The van der Waals surface area contributed by atoms with Crippen molar-refractivity contribution in [2.45, 2.75) is 6.42 Å². The van der Waals surface area contributed by atoms with Crippen molar-refractivity contribution in [1.82, 2.24) is 5.16 Å². The van der Waals surface area contributed by atoms with Gasteiger partial charge < -0.3 is 4.42 Å². The summed E-state index contributed by atoms with van der Waals surface area (Å²) in [6.07, 6.45) is 0.744. The van der Waals surface area contributed by atoms with Crippen LogP contribution in [0.1, 0.15) is 11.1 Å². The lowest BCUT2D eigenvalue weighted by Crippen LogP contribution is -1.92. The molecule has 2 aromatic carbocycles. The van der Waals surface area contributed by atoms with Crippen molar-refractivity contribution in [1.29, 1.82) is 0 Å². The Morgan fingerprint density at radius 2 is 1.68 bits per heavy atom. The van der Waals surface area contributed by atoms with Crippen LogP contribution >= 0.6 is 0 Å². The number of aromatic nitrogens is 1. The van der Waals surface area contributed by atoms with E-state index in [1.807, 2.05) is 42.5 Å². The first kappa shape index (κ1) is 11.5. The summed E-state index contributed by atoms with van der Waals surface area (Å²) in [5, 5.41) is 3.63. The third-order valence-electron chi connectivity index (χ3n) is 2.87. The predicted octanol–water partition coefficient (Wildman–Crippen LogP) is 2.89. The molecule has 1 heterocycles. The molecule has 0 saturated carbocycles. The van der Waals surface area contributed by atoms with Gasteiger partial charge in [0, 0.05) is 5.56 Å². The van der Waals surface area contributed by atoms with Crippen LogP contribution < -0.4 is 5.82 Å². The first-order valence-electron chi connectivity index (χ1n) is 5.92. The number of nitrogens with zero attached hydrogens (tertiary/aromatic N) is 1. The first-order chi connectivity index (χ1) is 9.33. The molecule has 0 saturated heterocycles. The fraction of sp³-hybridized carbons (Fsp3) is 0.0667. The molecule has 0 radical (unpaired) electrons. The molecule has 0 amide bonds. The summed E-state index contributed by atoms with van der Waals surface area (Å²) in [6, 6.07) is 17.7. The van der Waals surface area contributed by atoms with Gasteiger partial charge in [0.25, 0.3) is 5.89 Å². The smallest absolute Gasteiger partial charge is 0.370 e. The number of rotatable bonds is 3. The Kier molecular flexibility index (Phi) is 2.98. The number of benzene rings is 2. The quantitative estimate of drug-likeness (QED) is 0.720. The van der Waals surface area contributed by atoms with E-state index in [0.29, 0.717) is 0 Å². The Hall–Kier alpha value is -2.62. The fourth-order valence-corrected chi connectivity index (χ4v) is 2.00. The van der Waals surface area contributed by atoms with E-state index in [1.54, 1.807) is 0 Å². The maximum Gasteiger partial charge on any atom is 0.542 e. The molecule has 0 atom stereocenters. The molecule has 0 spiro atoms. The van der Waals surface area contributed by atoms with Gasteiger partial charge in [-0.1, -0.05) is 48.5 Å². The van der Waals surface area contributed by atoms with Gasteiger partial charge in [0.15, 0.2) is 0 Å². The molecule has 4 heteroatoms. The van der Waals surface area contributed by atoms with Gasteiger partial charge in [-0.05, 0) is 28.8 Å². The van der Waals surface area contributed by atoms with Crippen molar-refractivity contribution in [3.8, 4) is 11.5 Å². The highest BCUT2D eigenvalue weighted by Crippen LogP contribution is 2.23. The van der Waals surface area contributed by atoms with Gasteiger partial charge in [0.1, 0.15) is 0 Å². The van der Waals surface area contributed by atoms with Gasteiger partial charge in [-0.2, -0.15) is 0 Å². The van der Waals surface area contributed by atoms with E-state index in [2.05, 4.69) is 21.8 Å². The number of hydrogen-bond acceptors (Lipinski definition) is 4. The molecule has 0 aliphatic rings. The molecule has 4 nitrogen and oxygen atoms in total. The second-order valence-corrected chi connectivity index (χ2v) is 4.16. The molecule has 19 heavy (non-hydrogen) atoms. The summed E-state index contributed by atoms with van der Waals surface area (Å²) in [6.45, 7) is 0. The highest BCUT2D eigenvalue weighted by molar-refractivity contribution is 5.58. The predicted molar refractivity (Wildman–Crippen MR) is 69.7 cm³/mol. The van der Waals surface area contributed by atoms with Crippen LogP contribution in [0.4, 0.5) is 0 Å². The molecule has 3 aromatic rings. The van der Waals surface area contributed by atoms with Crippen molar-refractivity contribution in [3.05, 3.63) is 76.3 Å². The van der Waals surface area contributed by atoms with E-state index in [1.165, 1.54) is 5.56 Å². The lowest BCUT2D eigenvalue weighted by atomic mass is 10.00. The average Bonchev–Trinajstić information content (AvgIpc) is 2.87. The summed E-state index contributed by atoms with van der Waals surface area (Å²) in [4.78, 5) is 10.9. The monoisotopic (exact) mass is 253 g/mol. The standard InChI is InChI=1S/C15H11NO3/c17-15-18-14(16-19-15)13-9-5-4-8-12(13)10-11-6-2-1-3-7-11/h1-9H,10H2. The van der Waals surface area contributed by atoms with Crippen molar-refractivity contribution >= 4 is 0 Å². The Balaban J connectivity index is 2.00. The zero-order valence-electron chi connectivity index (χ0n) is 10.1. The Morgan fingerprint density at radius 1 is 0.947 bits per heavy atom. The summed E-state index contributed by atoms with van der Waals surface area (Å²) < 4.78 is 9.37. The van der Waals surface area contributed by atoms with Crippen molar-refractivity contribution in [2.24, 2.45) is 0 Å². The zero-order chi connectivity index (χ0) is 13.1. The van der Waals surface area contributed by atoms with Crippen LogP contribution in [0.3, 0.4) is 0 Å². The Morgan fingerprint density at radius 3 is 2.42 bits per heavy atom. The van der Waals surface area contributed by atoms with Crippen molar-refractivity contribution in [3.63, 3.8) is 0 Å². The molecular weight excluding hydrogens is 242 g/mol. The largest absolute Gasteiger partial charge is 0.542 e. The minimum atomic E-state index is -0.787. The van der Waals surface area contributed by atoms with Crippen molar-refractivity contribution in [2.75, 3.05) is 0 Å². The van der Waals surface area contributed by atoms with Crippen LogP contribution in [-0.4, -0.2) is 5.16 Å². The molecule has 3 rings (SSSR count). The van der Waals surface area contributed by atoms with Gasteiger partial charge in [-0.15, -0.1) is 0 Å². The molecule has 1 aromatic heterocycles. The van der Waals surface area contributed by atoms with E-state index in [-0.39, 0.29) is 5.89 Å². The zero-order valence-corrected chi connectivity index (χ0v) is 10.1. The molecule has 0 bridgehead atoms. The molecule has 0 aliphatic carbocycles. The SMILES string of the molecule is O=c1onc(-c2ccccc2Cc2ccccc2)o1. The Bertz CT molecular complexity index is 728. The first-order valence-corrected chi connectivity index (χ1v) is 5.92. The lowest BCUT2D eigenvalue weighted by Gasteiger charge is -2.05. The van der Waals surface area contributed by atoms with Gasteiger partial charge in [0.05, 0.1) is 0 Å². The van der Waals surface area contributed by atoms with Crippen LogP contribution in [-0.2, 0) is 6.42 Å². The molecule has 0 unspecified atom stereocenters. The van der Waals surface area contributed by atoms with E-state index in [4.69, 9.17) is 4.42 Å². The Labute approximate surface area is 109 Å². The maximum absolute atomic E-state index is 10.9. The second-order valence-electron chi connectivity index (χ2n) is 4.16. The van der Waals surface area contributed by atoms with Crippen LogP contribution in [0.25, 0.3) is 11.5 Å². The highest BCUT2D eigenvalue weighted by atomic mass is 16.6. The normalized spacial score (nSPS) is 10.5. The topological polar surface area (TPSA) is 56.2 Å². The van der Waals surface area contributed by atoms with Crippen LogP contribution in [0, 0.1) is 0 Å². The third-order valence-corrected chi connectivity index (χ3v) is 2.87. The molecule has 0 N–H and O–H groups in total. The van der Waals surface area contributed by atoms with E-state index in [9.17, 15) is 4.79 Å². The van der Waals surface area contributed by atoms with E-state index < -0.39 is 5.82 Å². The van der Waals surface area contributed by atoms with Gasteiger partial charge in [-0.3, -0.25) is 4.52 Å². The van der Waals surface area contributed by atoms with Crippen LogP contribution in [0.15, 0.2) is 68.3 Å². The minimum absolute atomic E-state index is 0.219. The molecule has 0 aliphatic heterocycles. The van der Waals surface area contributed by atoms with Gasteiger partial charge >= 0.3 is 5.82 Å². The fourth-order valence-electron chi connectivity index (χ4n) is 2.00. The van der Waals surface area contributed by atoms with Crippen LogP contribution in [0.5, 0.6) is 0 Å². The highest BCUT2D eigenvalue weighted by Gasteiger charge is 2.11. The van der Waals surface area contributed by atoms with Gasteiger partial charge in [-0.25, -0.2) is 4.79 Å². The van der Waals surface area contributed by atoms with E-state index >= 15 is 0 Å². The summed E-state index contributed by atoms with van der Waals surface area (Å²) in [5.41, 5.74) is 2.99.